The molecule has 1 aromatic carbocycles. The van der Waals surface area contributed by atoms with Gasteiger partial charge in [0.2, 0.25) is 17.8 Å². The number of ether oxygens (including phenoxy) is 1. The fraction of sp³-hybridized carbons (Fsp3) is 0.556. The van der Waals surface area contributed by atoms with Crippen molar-refractivity contribution in [3.63, 3.8) is 0 Å². The second-order valence-corrected chi connectivity index (χ2v) is 10.9. The Balaban J connectivity index is 1.49. The molecule has 2 aliphatic rings. The first-order valence-corrected chi connectivity index (χ1v) is 13.3. The van der Waals surface area contributed by atoms with E-state index in [1.54, 1.807) is 31.3 Å². The van der Waals surface area contributed by atoms with Crippen LogP contribution in [-0.4, -0.2) is 63.2 Å². The Hall–Kier alpha value is -3.41. The summed E-state index contributed by atoms with van der Waals surface area (Å²) < 4.78 is 47.5. The monoisotopic (exact) mass is 545 g/mol. The third-order valence-corrected chi connectivity index (χ3v) is 7.74. The van der Waals surface area contributed by atoms with E-state index >= 15 is 0 Å². The zero-order valence-corrected chi connectivity index (χ0v) is 22.4. The van der Waals surface area contributed by atoms with Gasteiger partial charge >= 0.3 is 6.18 Å². The Labute approximate surface area is 225 Å². The van der Waals surface area contributed by atoms with E-state index in [1.807, 2.05) is 4.57 Å². The molecule has 9 nitrogen and oxygen atoms in total. The normalized spacial score (nSPS) is 21.5. The number of hydrogen-bond donors (Lipinski definition) is 2. The van der Waals surface area contributed by atoms with Crippen molar-refractivity contribution in [3.8, 4) is 0 Å². The van der Waals surface area contributed by atoms with Crippen LogP contribution in [0.25, 0.3) is 11.2 Å². The standard InChI is InChI=1S/C27H34F3N7O2/c1-26(11-13-39-14-12-26)35-24-31-16-21-22(34-24)37(20-9-7-17(8-10-20)23(38)36(2)3)25(33-21)32-19-6-4-5-18(15-19)27(28,29)30/h4-6,15-17,20H,7-14H2,1-3H3,(H,32,33)(H,31,34,35). The van der Waals surface area contributed by atoms with E-state index in [0.717, 1.165) is 37.8 Å². The highest BCUT2D eigenvalue weighted by Gasteiger charge is 2.33. The van der Waals surface area contributed by atoms with E-state index in [2.05, 4.69) is 27.5 Å². The number of fused-ring (bicyclic) bond motifs is 1. The lowest BCUT2D eigenvalue weighted by Gasteiger charge is -2.34. The number of anilines is 3. The fourth-order valence-electron chi connectivity index (χ4n) is 5.45. The first-order chi connectivity index (χ1) is 18.5. The van der Waals surface area contributed by atoms with Gasteiger partial charge in [-0.05, 0) is 63.6 Å². The van der Waals surface area contributed by atoms with E-state index in [0.29, 0.717) is 49.1 Å². The van der Waals surface area contributed by atoms with Gasteiger partial charge in [-0.1, -0.05) is 6.07 Å². The lowest BCUT2D eigenvalue weighted by atomic mass is 9.85. The van der Waals surface area contributed by atoms with Gasteiger partial charge in [-0.2, -0.15) is 18.2 Å². The van der Waals surface area contributed by atoms with Crippen molar-refractivity contribution in [2.75, 3.05) is 37.9 Å². The molecule has 0 radical (unpaired) electrons. The molecule has 12 heteroatoms. The van der Waals surface area contributed by atoms with Gasteiger partial charge in [0, 0.05) is 50.5 Å². The average Bonchev–Trinajstić information content (AvgIpc) is 3.25. The van der Waals surface area contributed by atoms with Crippen molar-refractivity contribution < 1.29 is 22.7 Å². The molecule has 0 atom stereocenters. The van der Waals surface area contributed by atoms with Crippen LogP contribution in [-0.2, 0) is 15.7 Å². The number of alkyl halides is 3. The maximum absolute atomic E-state index is 13.4. The zero-order chi connectivity index (χ0) is 27.8. The first kappa shape index (κ1) is 27.2. The molecule has 1 saturated carbocycles. The zero-order valence-electron chi connectivity index (χ0n) is 22.4. The average molecular weight is 546 g/mol. The maximum Gasteiger partial charge on any atom is 0.416 e. The highest BCUT2D eigenvalue weighted by Crippen LogP contribution is 2.38. The highest BCUT2D eigenvalue weighted by atomic mass is 19.4. The fourth-order valence-corrected chi connectivity index (χ4v) is 5.45. The van der Waals surface area contributed by atoms with E-state index < -0.39 is 11.7 Å². The van der Waals surface area contributed by atoms with Crippen LogP contribution in [0, 0.1) is 5.92 Å². The summed E-state index contributed by atoms with van der Waals surface area (Å²) in [5.41, 5.74) is 0.465. The molecule has 0 unspecified atom stereocenters. The third kappa shape index (κ3) is 5.95. The Morgan fingerprint density at radius 3 is 2.51 bits per heavy atom. The third-order valence-electron chi connectivity index (χ3n) is 7.74. The van der Waals surface area contributed by atoms with Crippen molar-refractivity contribution >= 4 is 34.7 Å². The molecule has 1 amide bonds. The maximum atomic E-state index is 13.4. The largest absolute Gasteiger partial charge is 0.416 e. The number of imidazole rings is 1. The summed E-state index contributed by atoms with van der Waals surface area (Å²) in [7, 11) is 3.53. The number of halogens is 3. The topological polar surface area (TPSA) is 97.2 Å². The van der Waals surface area contributed by atoms with Gasteiger partial charge in [-0.15, -0.1) is 0 Å². The second-order valence-electron chi connectivity index (χ2n) is 10.9. The number of hydrogen-bond acceptors (Lipinski definition) is 7. The summed E-state index contributed by atoms with van der Waals surface area (Å²) in [5, 5.41) is 6.56. The number of nitrogens with one attached hydrogen (secondary N) is 2. The predicted octanol–water partition coefficient (Wildman–Crippen LogP) is 5.39. The lowest BCUT2D eigenvalue weighted by Crippen LogP contribution is -2.41. The Bertz CT molecular complexity index is 1330. The number of amides is 1. The molecule has 2 N–H and O–H groups in total. The molecule has 3 aromatic rings. The smallest absolute Gasteiger partial charge is 0.381 e. The Kier molecular flexibility index (Phi) is 7.41. The summed E-state index contributed by atoms with van der Waals surface area (Å²) in [4.78, 5) is 28.2. The summed E-state index contributed by atoms with van der Waals surface area (Å²) in [6, 6.07) is 5.03. The minimum atomic E-state index is -4.46. The van der Waals surface area contributed by atoms with E-state index in [4.69, 9.17) is 9.72 Å². The van der Waals surface area contributed by atoms with Gasteiger partial charge in [-0.25, -0.2) is 9.97 Å². The Morgan fingerprint density at radius 1 is 1.13 bits per heavy atom. The molecule has 0 spiro atoms. The molecule has 2 fully saturated rings. The van der Waals surface area contributed by atoms with E-state index in [1.165, 1.54) is 6.07 Å². The van der Waals surface area contributed by atoms with Crippen LogP contribution in [0.4, 0.5) is 30.8 Å². The van der Waals surface area contributed by atoms with Crippen molar-refractivity contribution in [1.29, 1.82) is 0 Å². The van der Waals surface area contributed by atoms with E-state index in [9.17, 15) is 18.0 Å². The molecule has 5 rings (SSSR count). The number of rotatable bonds is 6. The minimum Gasteiger partial charge on any atom is -0.381 e. The van der Waals surface area contributed by atoms with Crippen LogP contribution in [0.15, 0.2) is 30.5 Å². The minimum absolute atomic E-state index is 0.0315. The molecule has 210 valence electrons. The molecule has 39 heavy (non-hydrogen) atoms. The molecule has 2 aromatic heterocycles. The quantitative estimate of drug-likeness (QED) is 0.429. The van der Waals surface area contributed by atoms with Gasteiger partial charge in [0.15, 0.2) is 5.65 Å². The molecular weight excluding hydrogens is 511 g/mol. The van der Waals surface area contributed by atoms with Gasteiger partial charge in [0.1, 0.15) is 5.52 Å². The van der Waals surface area contributed by atoms with Gasteiger partial charge in [-0.3, -0.25) is 9.36 Å². The van der Waals surface area contributed by atoms with Crippen LogP contribution < -0.4 is 10.6 Å². The highest BCUT2D eigenvalue weighted by molar-refractivity contribution is 5.79. The first-order valence-electron chi connectivity index (χ1n) is 13.3. The van der Waals surface area contributed by atoms with Gasteiger partial charge in [0.05, 0.1) is 11.8 Å². The Morgan fingerprint density at radius 2 is 1.85 bits per heavy atom. The van der Waals surface area contributed by atoms with Crippen LogP contribution in [0.2, 0.25) is 0 Å². The van der Waals surface area contributed by atoms with Gasteiger partial charge in [0.25, 0.3) is 0 Å². The van der Waals surface area contributed by atoms with Crippen molar-refractivity contribution in [1.82, 2.24) is 24.4 Å². The number of aromatic nitrogens is 4. The van der Waals surface area contributed by atoms with Crippen molar-refractivity contribution in [2.45, 2.75) is 63.2 Å². The summed E-state index contributed by atoms with van der Waals surface area (Å²) in [5.74, 6) is 0.932. The number of benzene rings is 1. The van der Waals surface area contributed by atoms with E-state index in [-0.39, 0.29) is 29.1 Å². The predicted molar refractivity (Wildman–Crippen MR) is 142 cm³/mol. The van der Waals surface area contributed by atoms with Crippen LogP contribution in [0.5, 0.6) is 0 Å². The molecule has 1 saturated heterocycles. The van der Waals surface area contributed by atoms with Crippen LogP contribution in [0.1, 0.15) is 57.1 Å². The summed E-state index contributed by atoms with van der Waals surface area (Å²) in [6.07, 6.45) is 1.67. The lowest BCUT2D eigenvalue weighted by molar-refractivity contribution is -0.137. The molecule has 1 aliphatic carbocycles. The van der Waals surface area contributed by atoms with Crippen LogP contribution >= 0.6 is 0 Å². The molecular formula is C27H34F3N7O2. The van der Waals surface area contributed by atoms with Crippen molar-refractivity contribution in [3.05, 3.63) is 36.0 Å². The van der Waals surface area contributed by atoms with Gasteiger partial charge < -0.3 is 20.3 Å². The molecule has 0 bridgehead atoms. The second kappa shape index (κ2) is 10.6. The molecule has 1 aliphatic heterocycles. The SMILES string of the molecule is CN(C)C(=O)C1CCC(n2c(Nc3cccc(C(F)(F)F)c3)nc3cnc(NC4(C)CCOCC4)nc32)CC1. The number of carbonyl (C=O) groups excluding carboxylic acids is 1. The molecule has 3 heterocycles. The summed E-state index contributed by atoms with van der Waals surface area (Å²) >= 11 is 0. The van der Waals surface area contributed by atoms with Crippen LogP contribution in [0.3, 0.4) is 0 Å². The number of carbonyl (C=O) groups is 1. The number of nitrogens with zero attached hydrogens (tertiary/aromatic N) is 5. The summed E-state index contributed by atoms with van der Waals surface area (Å²) in [6.45, 7) is 3.43. The van der Waals surface area contributed by atoms with Crippen molar-refractivity contribution in [2.24, 2.45) is 5.92 Å².